The lowest BCUT2D eigenvalue weighted by atomic mass is 10.1. The van der Waals surface area contributed by atoms with Gasteiger partial charge in [0.1, 0.15) is 6.54 Å². The molecule has 0 bridgehead atoms. The minimum Gasteiger partial charge on any atom is -0.480 e. The maximum atomic E-state index is 12.2. The number of hydrogen-bond acceptors (Lipinski definition) is 2. The van der Waals surface area contributed by atoms with Gasteiger partial charge in [0.2, 0.25) is 0 Å². The number of aromatic nitrogens is 1. The van der Waals surface area contributed by atoms with Gasteiger partial charge in [-0.05, 0) is 36.4 Å². The Morgan fingerprint density at radius 3 is 2.33 bits per heavy atom. The van der Waals surface area contributed by atoms with Gasteiger partial charge < -0.3 is 14.6 Å². The van der Waals surface area contributed by atoms with Crippen LogP contribution in [0.5, 0.6) is 0 Å². The average Bonchev–Trinajstić information content (AvgIpc) is 3.00. The monoisotopic (exact) mass is 282 g/mol. The number of carbonyl (C=O) groups is 2. The number of aliphatic carboxylic acids is 1. The highest BCUT2D eigenvalue weighted by Gasteiger charge is 2.17. The van der Waals surface area contributed by atoms with Crippen molar-refractivity contribution in [2.75, 3.05) is 13.1 Å². The summed E-state index contributed by atoms with van der Waals surface area (Å²) in [6.45, 7) is -0.452. The lowest BCUT2D eigenvalue weighted by Crippen LogP contribution is -2.35. The molecule has 0 aliphatic carbocycles. The molecule has 21 heavy (non-hydrogen) atoms. The maximum absolute atomic E-state index is 12.2. The number of benzene rings is 1. The molecule has 0 saturated heterocycles. The number of hydrogen-bond donors (Lipinski definition) is 1. The van der Waals surface area contributed by atoms with Crippen molar-refractivity contribution < 1.29 is 14.7 Å². The predicted molar refractivity (Wildman–Crippen MR) is 78.1 cm³/mol. The summed E-state index contributed by atoms with van der Waals surface area (Å²) in [5.74, 6) is 0.806. The van der Waals surface area contributed by atoms with Gasteiger partial charge >= 0.3 is 5.97 Å². The van der Waals surface area contributed by atoms with E-state index in [1.165, 1.54) is 0 Å². The molecule has 0 spiro atoms. The molecule has 5 nitrogen and oxygen atoms in total. The molecule has 0 fully saturated rings. The zero-order valence-electron chi connectivity index (χ0n) is 11.3. The zero-order valence-corrected chi connectivity index (χ0v) is 11.3. The molecule has 0 unspecified atom stereocenters. The number of carbonyl (C=O) groups excluding carboxylic acids is 1. The van der Waals surface area contributed by atoms with E-state index in [4.69, 9.17) is 11.5 Å². The van der Waals surface area contributed by atoms with Crippen molar-refractivity contribution in [2.45, 2.75) is 0 Å². The molecule has 1 amide bonds. The van der Waals surface area contributed by atoms with Crippen molar-refractivity contribution in [3.8, 4) is 18.0 Å². The summed E-state index contributed by atoms with van der Waals surface area (Å²) in [7, 11) is 0. The second-order valence-corrected chi connectivity index (χ2v) is 4.40. The predicted octanol–water partition coefficient (Wildman–Crippen LogP) is 1.64. The molecule has 2 rings (SSSR count). The third-order valence-corrected chi connectivity index (χ3v) is 2.91. The van der Waals surface area contributed by atoms with Crippen LogP contribution in [0.2, 0.25) is 0 Å². The fourth-order valence-electron chi connectivity index (χ4n) is 1.94. The normalized spacial score (nSPS) is 9.86. The number of nitrogens with zero attached hydrogens (tertiary/aromatic N) is 2. The van der Waals surface area contributed by atoms with Crippen molar-refractivity contribution in [1.82, 2.24) is 9.47 Å². The first-order chi connectivity index (χ1) is 10.1. The Hall–Kier alpha value is -3.00. The summed E-state index contributed by atoms with van der Waals surface area (Å²) >= 11 is 0. The molecule has 106 valence electrons. The van der Waals surface area contributed by atoms with E-state index in [-0.39, 0.29) is 6.54 Å². The first kappa shape index (κ1) is 14.4. The van der Waals surface area contributed by atoms with Gasteiger partial charge in [0.25, 0.3) is 5.91 Å². The summed E-state index contributed by atoms with van der Waals surface area (Å²) in [5, 5.41) is 8.81. The van der Waals surface area contributed by atoms with Crippen molar-refractivity contribution in [3.63, 3.8) is 0 Å². The molecular formula is C16H14N2O3. The van der Waals surface area contributed by atoms with Crippen LogP contribution in [-0.2, 0) is 4.79 Å². The van der Waals surface area contributed by atoms with E-state index in [9.17, 15) is 9.59 Å². The fourth-order valence-corrected chi connectivity index (χ4v) is 1.94. The standard InChI is InChI=1S/C16H14N2O3/c1-2-9-18(12-15(19)20)16(21)13-5-7-14(8-6-13)17-10-3-4-11-17/h1,3-8,10-11H,9,12H2,(H,19,20). The van der Waals surface area contributed by atoms with Gasteiger partial charge in [-0.2, -0.15) is 0 Å². The van der Waals surface area contributed by atoms with Crippen molar-refractivity contribution in [1.29, 1.82) is 0 Å². The van der Waals surface area contributed by atoms with Crippen LogP contribution >= 0.6 is 0 Å². The van der Waals surface area contributed by atoms with E-state index in [0.717, 1.165) is 10.6 Å². The summed E-state index contributed by atoms with van der Waals surface area (Å²) in [5.41, 5.74) is 1.32. The van der Waals surface area contributed by atoms with Gasteiger partial charge in [0, 0.05) is 23.6 Å². The molecule has 2 aromatic rings. The average molecular weight is 282 g/mol. The molecule has 0 atom stereocenters. The van der Waals surface area contributed by atoms with E-state index in [1.54, 1.807) is 24.3 Å². The van der Waals surface area contributed by atoms with Crippen LogP contribution in [0.15, 0.2) is 48.8 Å². The lowest BCUT2D eigenvalue weighted by Gasteiger charge is -2.18. The third-order valence-electron chi connectivity index (χ3n) is 2.91. The van der Waals surface area contributed by atoms with Crippen LogP contribution in [0.4, 0.5) is 0 Å². The van der Waals surface area contributed by atoms with Crippen molar-refractivity contribution >= 4 is 11.9 Å². The van der Waals surface area contributed by atoms with E-state index >= 15 is 0 Å². The van der Waals surface area contributed by atoms with Gasteiger partial charge in [-0.1, -0.05) is 5.92 Å². The molecule has 0 aliphatic rings. The Morgan fingerprint density at radius 1 is 1.19 bits per heavy atom. The van der Waals surface area contributed by atoms with Gasteiger partial charge in [-0.25, -0.2) is 0 Å². The van der Waals surface area contributed by atoms with Crippen LogP contribution in [0, 0.1) is 12.3 Å². The Bertz CT molecular complexity index is 667. The van der Waals surface area contributed by atoms with Crippen LogP contribution in [0.25, 0.3) is 5.69 Å². The van der Waals surface area contributed by atoms with E-state index < -0.39 is 18.4 Å². The molecule has 1 N–H and O–H groups in total. The van der Waals surface area contributed by atoms with Crippen molar-refractivity contribution in [2.24, 2.45) is 0 Å². The van der Waals surface area contributed by atoms with E-state index in [1.807, 2.05) is 29.1 Å². The molecular weight excluding hydrogens is 268 g/mol. The Morgan fingerprint density at radius 2 is 1.81 bits per heavy atom. The van der Waals surface area contributed by atoms with Gasteiger partial charge in [-0.15, -0.1) is 6.42 Å². The van der Waals surface area contributed by atoms with Crippen LogP contribution < -0.4 is 0 Å². The molecule has 0 saturated carbocycles. The molecule has 0 radical (unpaired) electrons. The number of rotatable bonds is 5. The second kappa shape index (κ2) is 6.44. The summed E-state index contributed by atoms with van der Waals surface area (Å²) in [6, 6.07) is 10.7. The lowest BCUT2D eigenvalue weighted by molar-refractivity contribution is -0.137. The quantitative estimate of drug-likeness (QED) is 0.848. The zero-order chi connectivity index (χ0) is 15.2. The topological polar surface area (TPSA) is 62.5 Å². The highest BCUT2D eigenvalue weighted by Crippen LogP contribution is 2.12. The molecule has 1 aromatic carbocycles. The van der Waals surface area contributed by atoms with Crippen LogP contribution in [0.1, 0.15) is 10.4 Å². The Kier molecular flexibility index (Phi) is 4.42. The second-order valence-electron chi connectivity index (χ2n) is 4.40. The highest BCUT2D eigenvalue weighted by molar-refractivity contribution is 5.96. The first-order valence-electron chi connectivity index (χ1n) is 6.30. The number of amides is 1. The van der Waals surface area contributed by atoms with Crippen LogP contribution in [-0.4, -0.2) is 39.5 Å². The molecule has 1 aromatic heterocycles. The first-order valence-corrected chi connectivity index (χ1v) is 6.30. The number of carboxylic acid groups (broad SMARTS) is 1. The fraction of sp³-hybridized carbons (Fsp3) is 0.125. The minimum atomic E-state index is -1.09. The van der Waals surface area contributed by atoms with Crippen molar-refractivity contribution in [3.05, 3.63) is 54.4 Å². The SMILES string of the molecule is C#CCN(CC(=O)O)C(=O)c1ccc(-n2cccc2)cc1. The summed E-state index contributed by atoms with van der Waals surface area (Å²) < 4.78 is 1.91. The van der Waals surface area contributed by atoms with E-state index in [2.05, 4.69) is 5.92 Å². The third kappa shape index (κ3) is 3.51. The summed E-state index contributed by atoms with van der Waals surface area (Å²) in [4.78, 5) is 24.1. The van der Waals surface area contributed by atoms with E-state index in [0.29, 0.717) is 5.56 Å². The molecule has 0 aliphatic heterocycles. The number of terminal acetylenes is 1. The van der Waals surface area contributed by atoms with Gasteiger partial charge in [-0.3, -0.25) is 9.59 Å². The Balaban J connectivity index is 2.18. The largest absolute Gasteiger partial charge is 0.480 e. The van der Waals surface area contributed by atoms with Crippen LogP contribution in [0.3, 0.4) is 0 Å². The number of carboxylic acids is 1. The highest BCUT2D eigenvalue weighted by atomic mass is 16.4. The van der Waals surface area contributed by atoms with Gasteiger partial charge in [0.05, 0.1) is 6.54 Å². The minimum absolute atomic E-state index is 0.0372. The maximum Gasteiger partial charge on any atom is 0.323 e. The molecule has 1 heterocycles. The Labute approximate surface area is 122 Å². The summed E-state index contributed by atoms with van der Waals surface area (Å²) in [6.07, 6.45) is 8.96. The molecule has 5 heteroatoms. The smallest absolute Gasteiger partial charge is 0.323 e. The van der Waals surface area contributed by atoms with Gasteiger partial charge in [0.15, 0.2) is 0 Å².